The third-order valence-corrected chi connectivity index (χ3v) is 3.44. The number of rotatable bonds is 10. The Morgan fingerprint density at radius 3 is 1.84 bits per heavy atom. The predicted molar refractivity (Wildman–Crippen MR) is 80.4 cm³/mol. The molecule has 0 spiro atoms. The van der Waals surface area contributed by atoms with Crippen LogP contribution in [0.5, 0.6) is 0 Å². The third-order valence-electron chi connectivity index (χ3n) is 3.44. The Labute approximate surface area is 117 Å². The van der Waals surface area contributed by atoms with Crippen LogP contribution in [0.25, 0.3) is 4.85 Å². The highest BCUT2D eigenvalue weighted by molar-refractivity contribution is 5.45. The summed E-state index contributed by atoms with van der Waals surface area (Å²) in [5.41, 5.74) is 2.07. The number of nitrogens with zero attached hydrogens (tertiary/aromatic N) is 1. The second-order valence-electron chi connectivity index (χ2n) is 5.08. The molecule has 1 aromatic rings. The molecule has 2 heteroatoms. The summed E-state index contributed by atoms with van der Waals surface area (Å²) in [6.07, 6.45) is 11.0. The zero-order valence-electron chi connectivity index (χ0n) is 11.8. The fraction of sp³-hybridized carbons (Fsp3) is 0.588. The van der Waals surface area contributed by atoms with Gasteiger partial charge in [-0.05, 0) is 19.3 Å². The van der Waals surface area contributed by atoms with E-state index in [1.165, 1.54) is 50.5 Å². The Morgan fingerprint density at radius 1 is 0.789 bits per heavy atom. The Kier molecular flexibility index (Phi) is 8.76. The molecule has 19 heavy (non-hydrogen) atoms. The van der Waals surface area contributed by atoms with Gasteiger partial charge in [-0.3, -0.25) is 0 Å². The molecule has 0 aliphatic carbocycles. The van der Waals surface area contributed by atoms with Crippen LogP contribution in [0.4, 0.5) is 5.69 Å². The number of aliphatic hydroxyl groups is 1. The van der Waals surface area contributed by atoms with Gasteiger partial charge in [0.2, 0.25) is 0 Å². The van der Waals surface area contributed by atoms with E-state index >= 15 is 0 Å². The molecule has 1 rings (SSSR count). The van der Waals surface area contributed by atoms with E-state index in [-0.39, 0.29) is 0 Å². The van der Waals surface area contributed by atoms with Gasteiger partial charge in [0.1, 0.15) is 0 Å². The van der Waals surface area contributed by atoms with E-state index < -0.39 is 0 Å². The van der Waals surface area contributed by atoms with Crippen molar-refractivity contribution in [1.29, 1.82) is 0 Å². The largest absolute Gasteiger partial charge is 0.396 e. The van der Waals surface area contributed by atoms with E-state index in [0.29, 0.717) is 6.61 Å². The van der Waals surface area contributed by atoms with Crippen LogP contribution >= 0.6 is 0 Å². The van der Waals surface area contributed by atoms with Crippen molar-refractivity contribution in [2.75, 3.05) is 6.61 Å². The molecule has 0 heterocycles. The maximum atomic E-state index is 8.66. The van der Waals surface area contributed by atoms with E-state index in [0.717, 1.165) is 18.5 Å². The van der Waals surface area contributed by atoms with E-state index in [1.54, 1.807) is 0 Å². The predicted octanol–water partition coefficient (Wildman–Crippen LogP) is 4.89. The zero-order chi connectivity index (χ0) is 13.8. The van der Waals surface area contributed by atoms with Crippen molar-refractivity contribution in [3.8, 4) is 0 Å². The SMILES string of the molecule is [C-]#[N+]c1ccc(CCCCCCCCCCO)cc1. The Bertz CT molecular complexity index is 364. The van der Waals surface area contributed by atoms with Crippen LogP contribution < -0.4 is 0 Å². The van der Waals surface area contributed by atoms with E-state index in [9.17, 15) is 0 Å². The first-order chi connectivity index (χ1) is 9.36. The van der Waals surface area contributed by atoms with E-state index in [4.69, 9.17) is 11.7 Å². The molecule has 0 aromatic heterocycles. The molecule has 0 amide bonds. The molecule has 0 atom stereocenters. The number of unbranched alkanes of at least 4 members (excludes halogenated alkanes) is 7. The maximum Gasteiger partial charge on any atom is 0.187 e. The average molecular weight is 259 g/mol. The molecule has 104 valence electrons. The quantitative estimate of drug-likeness (QED) is 0.469. The van der Waals surface area contributed by atoms with Crippen LogP contribution in [0.15, 0.2) is 24.3 Å². The van der Waals surface area contributed by atoms with Gasteiger partial charge in [0, 0.05) is 6.61 Å². The summed E-state index contributed by atoms with van der Waals surface area (Å²) in [6, 6.07) is 7.96. The van der Waals surface area contributed by atoms with Crippen molar-refractivity contribution in [2.24, 2.45) is 0 Å². The smallest absolute Gasteiger partial charge is 0.187 e. The van der Waals surface area contributed by atoms with Gasteiger partial charge in [-0.1, -0.05) is 68.4 Å². The highest BCUT2D eigenvalue weighted by Gasteiger charge is 1.95. The summed E-state index contributed by atoms with van der Waals surface area (Å²) in [5.74, 6) is 0. The minimum atomic E-state index is 0.340. The monoisotopic (exact) mass is 259 g/mol. The minimum Gasteiger partial charge on any atom is -0.396 e. The Hall–Kier alpha value is -1.33. The molecule has 0 fully saturated rings. The molecule has 0 aliphatic heterocycles. The summed E-state index contributed by atoms with van der Waals surface area (Å²) in [5, 5.41) is 8.66. The van der Waals surface area contributed by atoms with Crippen molar-refractivity contribution < 1.29 is 5.11 Å². The normalized spacial score (nSPS) is 10.3. The maximum absolute atomic E-state index is 8.66. The van der Waals surface area contributed by atoms with Crippen molar-refractivity contribution in [1.82, 2.24) is 0 Å². The molecular weight excluding hydrogens is 234 g/mol. The summed E-state index contributed by atoms with van der Waals surface area (Å²) >= 11 is 0. The van der Waals surface area contributed by atoms with E-state index in [1.807, 2.05) is 12.1 Å². The molecule has 0 radical (unpaired) electrons. The second-order valence-corrected chi connectivity index (χ2v) is 5.08. The van der Waals surface area contributed by atoms with Gasteiger partial charge in [-0.15, -0.1) is 0 Å². The lowest BCUT2D eigenvalue weighted by molar-refractivity contribution is 0.282. The van der Waals surface area contributed by atoms with Crippen LogP contribution in [0.3, 0.4) is 0 Å². The van der Waals surface area contributed by atoms with Crippen LogP contribution in [-0.2, 0) is 6.42 Å². The minimum absolute atomic E-state index is 0.340. The lowest BCUT2D eigenvalue weighted by Crippen LogP contribution is -1.87. The second kappa shape index (κ2) is 10.6. The fourth-order valence-corrected chi connectivity index (χ4v) is 2.24. The highest BCUT2D eigenvalue weighted by atomic mass is 16.2. The molecule has 0 saturated carbocycles. The van der Waals surface area contributed by atoms with Crippen molar-refractivity contribution >= 4 is 5.69 Å². The zero-order valence-corrected chi connectivity index (χ0v) is 11.8. The van der Waals surface area contributed by atoms with Crippen LogP contribution in [0.1, 0.15) is 56.9 Å². The van der Waals surface area contributed by atoms with Gasteiger partial charge in [0.15, 0.2) is 5.69 Å². The first kappa shape index (κ1) is 15.7. The van der Waals surface area contributed by atoms with Gasteiger partial charge in [0.25, 0.3) is 0 Å². The van der Waals surface area contributed by atoms with Gasteiger partial charge >= 0.3 is 0 Å². The summed E-state index contributed by atoms with van der Waals surface area (Å²) in [7, 11) is 0. The highest BCUT2D eigenvalue weighted by Crippen LogP contribution is 2.15. The summed E-state index contributed by atoms with van der Waals surface area (Å²) < 4.78 is 0. The summed E-state index contributed by atoms with van der Waals surface area (Å²) in [6.45, 7) is 7.24. The van der Waals surface area contributed by atoms with Crippen molar-refractivity contribution in [2.45, 2.75) is 57.8 Å². The number of aryl methyl sites for hydroxylation is 1. The molecule has 1 aromatic carbocycles. The number of aliphatic hydroxyl groups excluding tert-OH is 1. The number of benzene rings is 1. The molecule has 2 nitrogen and oxygen atoms in total. The molecule has 1 N–H and O–H groups in total. The van der Waals surface area contributed by atoms with E-state index in [2.05, 4.69) is 17.0 Å². The Balaban J connectivity index is 1.97. The third kappa shape index (κ3) is 7.64. The lowest BCUT2D eigenvalue weighted by atomic mass is 10.0. The molecule has 0 bridgehead atoms. The standard InChI is InChI=1S/C17H25NO/c1-18-17-13-11-16(12-14-17)10-8-6-4-2-3-5-7-9-15-19/h11-14,19H,2-10,15H2. The van der Waals surface area contributed by atoms with Gasteiger partial charge in [-0.25, -0.2) is 4.85 Å². The first-order valence-corrected chi connectivity index (χ1v) is 7.44. The van der Waals surface area contributed by atoms with Crippen molar-refractivity contribution in [3.63, 3.8) is 0 Å². The fourth-order valence-electron chi connectivity index (χ4n) is 2.24. The first-order valence-electron chi connectivity index (χ1n) is 7.44. The number of hydrogen-bond donors (Lipinski definition) is 1. The average Bonchev–Trinajstić information content (AvgIpc) is 2.46. The number of hydrogen-bond acceptors (Lipinski definition) is 1. The van der Waals surface area contributed by atoms with Gasteiger partial charge in [0.05, 0.1) is 6.57 Å². The molecule has 0 aliphatic rings. The Morgan fingerprint density at radius 2 is 1.32 bits per heavy atom. The van der Waals surface area contributed by atoms with Crippen molar-refractivity contribution in [3.05, 3.63) is 41.2 Å². The van der Waals surface area contributed by atoms with Gasteiger partial charge < -0.3 is 5.11 Å². The lowest BCUT2D eigenvalue weighted by Gasteiger charge is -2.03. The summed E-state index contributed by atoms with van der Waals surface area (Å²) in [4.78, 5) is 3.40. The van der Waals surface area contributed by atoms with Crippen LogP contribution in [-0.4, -0.2) is 11.7 Å². The van der Waals surface area contributed by atoms with Crippen LogP contribution in [0, 0.1) is 6.57 Å². The molecular formula is C17H25NO. The van der Waals surface area contributed by atoms with Gasteiger partial charge in [-0.2, -0.15) is 0 Å². The topological polar surface area (TPSA) is 24.6 Å². The molecule has 0 saturated heterocycles. The van der Waals surface area contributed by atoms with Crippen LogP contribution in [0.2, 0.25) is 0 Å². The molecule has 0 unspecified atom stereocenters.